The van der Waals surface area contributed by atoms with Crippen molar-refractivity contribution < 1.29 is 24.2 Å². The molecule has 2 N–H and O–H groups in total. The molecule has 116 valence electrons. The van der Waals surface area contributed by atoms with Gasteiger partial charge in [-0.05, 0) is 19.8 Å². The fourth-order valence-electron chi connectivity index (χ4n) is 2.67. The molecule has 0 aromatic rings. The summed E-state index contributed by atoms with van der Waals surface area (Å²) < 4.78 is 10.1. The van der Waals surface area contributed by atoms with E-state index >= 15 is 0 Å². The number of carbonyl (C=O) groups excluding carboxylic acids is 1. The highest BCUT2D eigenvalue weighted by Gasteiger charge is 2.41. The van der Waals surface area contributed by atoms with Crippen LogP contribution in [0, 0.1) is 5.92 Å². The predicted octanol–water partition coefficient (Wildman–Crippen LogP) is 1.19. The summed E-state index contributed by atoms with van der Waals surface area (Å²) in [4.78, 5) is 23.2. The van der Waals surface area contributed by atoms with Gasteiger partial charge in [0.05, 0.1) is 31.3 Å². The van der Waals surface area contributed by atoms with Gasteiger partial charge in [-0.3, -0.25) is 9.59 Å². The number of carboxylic acids is 1. The Morgan fingerprint density at radius 1 is 1.30 bits per heavy atom. The summed E-state index contributed by atoms with van der Waals surface area (Å²) in [5.74, 6) is -1.49. The standard InChI is InChI=1S/C14H25NO5/c1-14(7-4-3-5-11(14)13(17)18)15-12(16)6-8-20-10-9-19-2/h11H,3-10H2,1-2H3,(H,15,16)(H,17,18). The van der Waals surface area contributed by atoms with Crippen LogP contribution in [0.2, 0.25) is 0 Å². The summed E-state index contributed by atoms with van der Waals surface area (Å²) in [6.45, 7) is 3.11. The molecule has 1 aliphatic carbocycles. The summed E-state index contributed by atoms with van der Waals surface area (Å²) in [5, 5.41) is 12.2. The maximum atomic E-state index is 11.9. The molecule has 0 aromatic heterocycles. The molecule has 1 saturated carbocycles. The molecule has 0 saturated heterocycles. The van der Waals surface area contributed by atoms with Crippen LogP contribution in [-0.2, 0) is 19.1 Å². The Kier molecular flexibility index (Phi) is 6.95. The van der Waals surface area contributed by atoms with Crippen molar-refractivity contribution in [1.82, 2.24) is 5.32 Å². The second kappa shape index (κ2) is 8.21. The Labute approximate surface area is 119 Å². The quantitative estimate of drug-likeness (QED) is 0.655. The number of nitrogens with one attached hydrogen (secondary N) is 1. The molecule has 0 heterocycles. The SMILES string of the molecule is COCCOCCC(=O)NC1(C)CCCCC1C(=O)O. The summed E-state index contributed by atoms with van der Waals surface area (Å²) >= 11 is 0. The van der Waals surface area contributed by atoms with E-state index in [1.807, 2.05) is 6.92 Å². The number of hydrogen-bond donors (Lipinski definition) is 2. The molecule has 2 atom stereocenters. The van der Waals surface area contributed by atoms with Gasteiger partial charge in [-0.1, -0.05) is 12.8 Å². The first-order chi connectivity index (χ1) is 9.49. The fourth-order valence-corrected chi connectivity index (χ4v) is 2.67. The molecule has 0 aromatic carbocycles. The largest absolute Gasteiger partial charge is 0.481 e. The number of carboxylic acid groups (broad SMARTS) is 1. The second-order valence-corrected chi connectivity index (χ2v) is 5.46. The molecule has 6 heteroatoms. The van der Waals surface area contributed by atoms with Gasteiger partial charge in [-0.25, -0.2) is 0 Å². The molecule has 1 fully saturated rings. The Morgan fingerprint density at radius 2 is 2.05 bits per heavy atom. The molecule has 1 amide bonds. The number of amides is 1. The molecule has 0 bridgehead atoms. The Morgan fingerprint density at radius 3 is 2.70 bits per heavy atom. The molecule has 2 unspecified atom stereocenters. The van der Waals surface area contributed by atoms with Gasteiger partial charge in [-0.15, -0.1) is 0 Å². The first kappa shape index (κ1) is 16.9. The summed E-state index contributed by atoms with van der Waals surface area (Å²) in [7, 11) is 1.59. The van der Waals surface area contributed by atoms with Crippen LogP contribution in [0.5, 0.6) is 0 Å². The first-order valence-electron chi connectivity index (χ1n) is 7.10. The minimum Gasteiger partial charge on any atom is -0.481 e. The van der Waals surface area contributed by atoms with Crippen molar-refractivity contribution in [1.29, 1.82) is 0 Å². The zero-order valence-corrected chi connectivity index (χ0v) is 12.3. The van der Waals surface area contributed by atoms with E-state index in [2.05, 4.69) is 5.32 Å². The van der Waals surface area contributed by atoms with Gasteiger partial charge in [0, 0.05) is 13.5 Å². The van der Waals surface area contributed by atoms with E-state index in [9.17, 15) is 14.7 Å². The van der Waals surface area contributed by atoms with Crippen LogP contribution in [0.1, 0.15) is 39.0 Å². The zero-order chi connectivity index (χ0) is 15.0. The number of hydrogen-bond acceptors (Lipinski definition) is 4. The summed E-state index contributed by atoms with van der Waals surface area (Å²) in [6, 6.07) is 0. The van der Waals surface area contributed by atoms with Crippen LogP contribution in [0.4, 0.5) is 0 Å². The van der Waals surface area contributed by atoms with Crippen LogP contribution in [0.3, 0.4) is 0 Å². The fraction of sp³-hybridized carbons (Fsp3) is 0.857. The van der Waals surface area contributed by atoms with Crippen LogP contribution in [-0.4, -0.2) is 49.5 Å². The Balaban J connectivity index is 2.39. The molecule has 1 aliphatic rings. The zero-order valence-electron chi connectivity index (χ0n) is 12.3. The van der Waals surface area contributed by atoms with Gasteiger partial charge < -0.3 is 19.9 Å². The molecule has 20 heavy (non-hydrogen) atoms. The molecular formula is C14H25NO5. The second-order valence-electron chi connectivity index (χ2n) is 5.46. The van der Waals surface area contributed by atoms with Crippen LogP contribution in [0.25, 0.3) is 0 Å². The van der Waals surface area contributed by atoms with Crippen molar-refractivity contribution in [3.8, 4) is 0 Å². The van der Waals surface area contributed by atoms with E-state index in [4.69, 9.17) is 9.47 Å². The minimum absolute atomic E-state index is 0.155. The number of ether oxygens (including phenoxy) is 2. The number of methoxy groups -OCH3 is 1. The van der Waals surface area contributed by atoms with E-state index < -0.39 is 17.4 Å². The lowest BCUT2D eigenvalue weighted by Gasteiger charge is -2.39. The topological polar surface area (TPSA) is 84.9 Å². The predicted molar refractivity (Wildman–Crippen MR) is 73.5 cm³/mol. The summed E-state index contributed by atoms with van der Waals surface area (Å²) in [5.41, 5.74) is -0.645. The van der Waals surface area contributed by atoms with Gasteiger partial charge in [-0.2, -0.15) is 0 Å². The molecule has 0 radical (unpaired) electrons. The van der Waals surface area contributed by atoms with E-state index in [1.165, 1.54) is 0 Å². The molecule has 1 rings (SSSR count). The van der Waals surface area contributed by atoms with Gasteiger partial charge in [0.25, 0.3) is 0 Å². The lowest BCUT2D eigenvalue weighted by atomic mass is 9.74. The van der Waals surface area contributed by atoms with Crippen molar-refractivity contribution in [2.45, 2.75) is 44.6 Å². The first-order valence-corrected chi connectivity index (χ1v) is 7.10. The average Bonchev–Trinajstić information content (AvgIpc) is 2.38. The highest BCUT2D eigenvalue weighted by Crippen LogP contribution is 2.33. The molecule has 0 aliphatic heterocycles. The van der Waals surface area contributed by atoms with Crippen LogP contribution >= 0.6 is 0 Å². The summed E-state index contributed by atoms with van der Waals surface area (Å²) in [6.07, 6.45) is 3.43. The van der Waals surface area contributed by atoms with Gasteiger partial charge >= 0.3 is 5.97 Å². The molecule has 0 spiro atoms. The van der Waals surface area contributed by atoms with Crippen molar-refractivity contribution in [3.63, 3.8) is 0 Å². The smallest absolute Gasteiger partial charge is 0.308 e. The van der Waals surface area contributed by atoms with Crippen molar-refractivity contribution >= 4 is 11.9 Å². The maximum Gasteiger partial charge on any atom is 0.308 e. The van der Waals surface area contributed by atoms with Gasteiger partial charge in [0.2, 0.25) is 5.91 Å². The third-order valence-electron chi connectivity index (χ3n) is 3.84. The van der Waals surface area contributed by atoms with Crippen molar-refractivity contribution in [2.24, 2.45) is 5.92 Å². The van der Waals surface area contributed by atoms with E-state index in [0.29, 0.717) is 32.7 Å². The van der Waals surface area contributed by atoms with Crippen molar-refractivity contribution in [3.05, 3.63) is 0 Å². The lowest BCUT2D eigenvalue weighted by Crippen LogP contribution is -2.55. The van der Waals surface area contributed by atoms with Crippen molar-refractivity contribution in [2.75, 3.05) is 26.9 Å². The Bertz CT molecular complexity index is 334. The van der Waals surface area contributed by atoms with E-state index in [1.54, 1.807) is 7.11 Å². The monoisotopic (exact) mass is 287 g/mol. The Hall–Kier alpha value is -1.14. The maximum absolute atomic E-state index is 11.9. The highest BCUT2D eigenvalue weighted by molar-refractivity contribution is 5.79. The third kappa shape index (κ3) is 5.09. The van der Waals surface area contributed by atoms with E-state index in [-0.39, 0.29) is 12.3 Å². The van der Waals surface area contributed by atoms with Gasteiger partial charge in [0.1, 0.15) is 0 Å². The van der Waals surface area contributed by atoms with Gasteiger partial charge in [0.15, 0.2) is 0 Å². The van der Waals surface area contributed by atoms with E-state index in [0.717, 1.165) is 12.8 Å². The third-order valence-corrected chi connectivity index (χ3v) is 3.84. The number of aliphatic carboxylic acids is 1. The lowest BCUT2D eigenvalue weighted by molar-refractivity contribution is -0.146. The average molecular weight is 287 g/mol. The van der Waals surface area contributed by atoms with Crippen LogP contribution in [0.15, 0.2) is 0 Å². The molecular weight excluding hydrogens is 262 g/mol. The number of rotatable bonds is 8. The van der Waals surface area contributed by atoms with Crippen LogP contribution < -0.4 is 5.32 Å². The number of carbonyl (C=O) groups is 2. The molecule has 6 nitrogen and oxygen atoms in total. The highest BCUT2D eigenvalue weighted by atomic mass is 16.5. The normalized spacial score (nSPS) is 26.2. The minimum atomic E-state index is -0.830.